The molecule has 1 aromatic carbocycles. The highest BCUT2D eigenvalue weighted by molar-refractivity contribution is 5.20. The topological polar surface area (TPSA) is 46.2 Å². The molecule has 0 amide bonds. The van der Waals surface area contributed by atoms with E-state index in [2.05, 4.69) is 83.1 Å². The summed E-state index contributed by atoms with van der Waals surface area (Å²) in [5.41, 5.74) is -1.15. The Kier molecular flexibility index (Phi) is 15.0. The molecular weight excluding hydrogens is 488 g/mol. The van der Waals surface area contributed by atoms with Gasteiger partial charge in [-0.05, 0) is 86.3 Å². The number of benzene rings is 1. The predicted octanol–water partition coefficient (Wildman–Crippen LogP) is 8.88. The Morgan fingerprint density at radius 3 is 2.00 bits per heavy atom. The Balaban J connectivity index is 2.76. The monoisotopic (exact) mass is 550 g/mol. The lowest BCUT2D eigenvalue weighted by atomic mass is 9.73. The molecule has 0 N–H and O–H groups in total. The van der Waals surface area contributed by atoms with Crippen molar-refractivity contribution in [3.63, 3.8) is 0 Å². The quantitative estimate of drug-likeness (QED) is 0.162. The summed E-state index contributed by atoms with van der Waals surface area (Å²) in [5, 5.41) is 0. The first-order valence-electron chi connectivity index (χ1n) is 15.3. The molecule has 0 radical (unpaired) electrons. The SMILES string of the molecule is CCCCC(CC)COCC(COc1ccccc1)OC(C)(C)CCOC(C)(C)C(C)(C)C(C)OC(C)(C)C. The van der Waals surface area contributed by atoms with Crippen LogP contribution in [0.3, 0.4) is 0 Å². The smallest absolute Gasteiger partial charge is 0.119 e. The second kappa shape index (κ2) is 16.3. The zero-order chi connectivity index (χ0) is 29.7. The normalized spacial score (nSPS) is 15.7. The lowest BCUT2D eigenvalue weighted by molar-refractivity contribution is -0.188. The summed E-state index contributed by atoms with van der Waals surface area (Å²) in [6.07, 6.45) is 5.46. The first kappa shape index (κ1) is 35.9. The molecule has 5 heteroatoms. The molecule has 1 rings (SSSR count). The molecule has 0 fully saturated rings. The second-order valence-corrected chi connectivity index (χ2v) is 13.8. The van der Waals surface area contributed by atoms with Crippen molar-refractivity contribution in [2.75, 3.05) is 26.4 Å². The van der Waals surface area contributed by atoms with Crippen molar-refractivity contribution in [3.05, 3.63) is 30.3 Å². The van der Waals surface area contributed by atoms with Crippen molar-refractivity contribution in [1.29, 1.82) is 0 Å². The molecule has 0 saturated heterocycles. The number of hydrogen-bond acceptors (Lipinski definition) is 5. The van der Waals surface area contributed by atoms with Crippen molar-refractivity contribution < 1.29 is 23.7 Å². The summed E-state index contributed by atoms with van der Waals surface area (Å²) in [6, 6.07) is 9.91. The van der Waals surface area contributed by atoms with Crippen molar-refractivity contribution in [3.8, 4) is 5.75 Å². The van der Waals surface area contributed by atoms with Gasteiger partial charge in [-0.2, -0.15) is 0 Å². The van der Waals surface area contributed by atoms with Gasteiger partial charge < -0.3 is 23.7 Å². The van der Waals surface area contributed by atoms with Crippen LogP contribution in [0.15, 0.2) is 30.3 Å². The first-order chi connectivity index (χ1) is 18.0. The summed E-state index contributed by atoms with van der Waals surface area (Å²) in [4.78, 5) is 0. The zero-order valence-electron chi connectivity index (χ0n) is 27.5. The molecule has 0 aliphatic carbocycles. The number of para-hydroxylation sites is 1. The maximum absolute atomic E-state index is 6.62. The third-order valence-electron chi connectivity index (χ3n) is 8.13. The van der Waals surface area contributed by atoms with Crippen LogP contribution in [0.5, 0.6) is 5.75 Å². The van der Waals surface area contributed by atoms with Gasteiger partial charge in [0.1, 0.15) is 18.5 Å². The van der Waals surface area contributed by atoms with Gasteiger partial charge in [0.05, 0.1) is 36.1 Å². The van der Waals surface area contributed by atoms with E-state index in [1.807, 2.05) is 30.3 Å². The van der Waals surface area contributed by atoms with Gasteiger partial charge in [-0.15, -0.1) is 0 Å². The molecule has 0 aromatic heterocycles. The fraction of sp³-hybridized carbons (Fsp3) is 0.824. The molecule has 1 aromatic rings. The number of rotatable bonds is 20. The summed E-state index contributed by atoms with van der Waals surface area (Å²) < 4.78 is 31.7. The summed E-state index contributed by atoms with van der Waals surface area (Å²) in [5.74, 6) is 1.44. The summed E-state index contributed by atoms with van der Waals surface area (Å²) >= 11 is 0. The van der Waals surface area contributed by atoms with Crippen LogP contribution in [-0.2, 0) is 18.9 Å². The van der Waals surface area contributed by atoms with Crippen molar-refractivity contribution >= 4 is 0 Å². The number of ether oxygens (including phenoxy) is 5. The van der Waals surface area contributed by atoms with Gasteiger partial charge >= 0.3 is 0 Å². The maximum Gasteiger partial charge on any atom is 0.119 e. The van der Waals surface area contributed by atoms with Crippen LogP contribution in [0.25, 0.3) is 0 Å². The van der Waals surface area contributed by atoms with Gasteiger partial charge in [0, 0.05) is 12.0 Å². The molecule has 0 bridgehead atoms. The van der Waals surface area contributed by atoms with E-state index in [1.165, 1.54) is 19.3 Å². The number of unbranched alkanes of at least 4 members (excludes halogenated alkanes) is 1. The van der Waals surface area contributed by atoms with Gasteiger partial charge in [0.2, 0.25) is 0 Å². The minimum Gasteiger partial charge on any atom is -0.491 e. The molecule has 0 aliphatic heterocycles. The minimum absolute atomic E-state index is 0.0395. The summed E-state index contributed by atoms with van der Waals surface area (Å²) in [7, 11) is 0. The molecule has 228 valence electrons. The largest absolute Gasteiger partial charge is 0.491 e. The molecular formula is C34H62O5. The fourth-order valence-electron chi connectivity index (χ4n) is 4.50. The standard InChI is InChI=1S/C34H62O5/c1-13-15-19-28(14-2)24-35-25-30(26-36-29-20-17-16-18-21-29)39-32(7,8)22-23-37-34(11,12)33(9,10)27(3)38-31(4,5)6/h16-18,20-21,27-28,30H,13-15,19,22-26H2,1-12H3. The molecule has 0 saturated carbocycles. The minimum atomic E-state index is -0.395. The molecule has 0 aliphatic rings. The Hall–Kier alpha value is -1.14. The third kappa shape index (κ3) is 13.9. The fourth-order valence-corrected chi connectivity index (χ4v) is 4.50. The van der Waals surface area contributed by atoms with Gasteiger partial charge in [0.15, 0.2) is 0 Å². The van der Waals surface area contributed by atoms with E-state index in [1.54, 1.807) is 0 Å². The Morgan fingerprint density at radius 2 is 1.44 bits per heavy atom. The zero-order valence-corrected chi connectivity index (χ0v) is 27.5. The number of hydrogen-bond donors (Lipinski definition) is 0. The Labute approximate surface area is 241 Å². The van der Waals surface area contributed by atoms with Gasteiger partial charge in [-0.1, -0.05) is 65.2 Å². The first-order valence-corrected chi connectivity index (χ1v) is 15.3. The maximum atomic E-state index is 6.62. The average Bonchev–Trinajstić information content (AvgIpc) is 2.83. The van der Waals surface area contributed by atoms with E-state index in [0.717, 1.165) is 25.2 Å². The lowest BCUT2D eigenvalue weighted by Gasteiger charge is -2.47. The highest BCUT2D eigenvalue weighted by Gasteiger charge is 2.44. The Morgan fingerprint density at radius 1 is 0.795 bits per heavy atom. The molecule has 3 atom stereocenters. The van der Waals surface area contributed by atoms with Crippen molar-refractivity contribution in [2.45, 2.75) is 144 Å². The molecule has 0 spiro atoms. The van der Waals surface area contributed by atoms with Crippen LogP contribution >= 0.6 is 0 Å². The highest BCUT2D eigenvalue weighted by Crippen LogP contribution is 2.40. The van der Waals surface area contributed by atoms with Crippen LogP contribution in [0.2, 0.25) is 0 Å². The van der Waals surface area contributed by atoms with Crippen LogP contribution in [0.4, 0.5) is 0 Å². The molecule has 0 heterocycles. The van der Waals surface area contributed by atoms with Gasteiger partial charge in [-0.3, -0.25) is 0 Å². The average molecular weight is 551 g/mol. The summed E-state index contributed by atoms with van der Waals surface area (Å²) in [6.45, 7) is 28.3. The molecule has 39 heavy (non-hydrogen) atoms. The molecule has 3 unspecified atom stereocenters. The predicted molar refractivity (Wildman–Crippen MR) is 164 cm³/mol. The lowest BCUT2D eigenvalue weighted by Crippen LogP contribution is -2.51. The van der Waals surface area contributed by atoms with E-state index in [-0.39, 0.29) is 28.8 Å². The van der Waals surface area contributed by atoms with E-state index < -0.39 is 5.60 Å². The third-order valence-corrected chi connectivity index (χ3v) is 8.13. The van der Waals surface area contributed by atoms with E-state index in [4.69, 9.17) is 23.7 Å². The van der Waals surface area contributed by atoms with Crippen molar-refractivity contribution in [1.82, 2.24) is 0 Å². The highest BCUT2D eigenvalue weighted by atomic mass is 16.6. The van der Waals surface area contributed by atoms with Crippen LogP contribution in [0.1, 0.15) is 115 Å². The molecule has 5 nitrogen and oxygen atoms in total. The van der Waals surface area contributed by atoms with Gasteiger partial charge in [-0.25, -0.2) is 0 Å². The Bertz CT molecular complexity index is 766. The van der Waals surface area contributed by atoms with Gasteiger partial charge in [0.25, 0.3) is 0 Å². The van der Waals surface area contributed by atoms with Crippen LogP contribution in [0, 0.1) is 11.3 Å². The van der Waals surface area contributed by atoms with E-state index in [9.17, 15) is 0 Å². The second-order valence-electron chi connectivity index (χ2n) is 13.8. The van der Waals surface area contributed by atoms with Crippen LogP contribution < -0.4 is 4.74 Å². The van der Waals surface area contributed by atoms with Crippen LogP contribution in [-0.4, -0.2) is 55.4 Å². The van der Waals surface area contributed by atoms with E-state index >= 15 is 0 Å². The van der Waals surface area contributed by atoms with Crippen molar-refractivity contribution in [2.24, 2.45) is 11.3 Å². The van der Waals surface area contributed by atoms with E-state index in [0.29, 0.717) is 25.7 Å².